The summed E-state index contributed by atoms with van der Waals surface area (Å²) >= 11 is 5.93. The molecule has 0 saturated heterocycles. The number of nitrogens with zero attached hydrogens (tertiary/aromatic N) is 3. The van der Waals surface area contributed by atoms with Crippen LogP contribution in [-0.2, 0) is 4.74 Å². The number of aromatic nitrogens is 3. The Balaban J connectivity index is 2.55. The Labute approximate surface area is 128 Å². The SMILES string of the molecule is CCOC(=O)c1nnn(C(C)CC)c1-c1ccc(Cl)cc1. The summed E-state index contributed by atoms with van der Waals surface area (Å²) < 4.78 is 6.82. The molecule has 0 aliphatic heterocycles. The number of esters is 1. The van der Waals surface area contributed by atoms with Gasteiger partial charge in [0.05, 0.1) is 12.6 Å². The maximum Gasteiger partial charge on any atom is 0.361 e. The highest BCUT2D eigenvalue weighted by Gasteiger charge is 2.24. The lowest BCUT2D eigenvalue weighted by Crippen LogP contribution is -2.10. The van der Waals surface area contributed by atoms with Gasteiger partial charge < -0.3 is 4.74 Å². The van der Waals surface area contributed by atoms with E-state index < -0.39 is 5.97 Å². The number of benzene rings is 1. The van der Waals surface area contributed by atoms with Crippen LogP contribution in [0, 0.1) is 0 Å². The Kier molecular flexibility index (Phi) is 4.96. The highest BCUT2D eigenvalue weighted by molar-refractivity contribution is 6.30. The first-order valence-corrected chi connectivity index (χ1v) is 7.34. The van der Waals surface area contributed by atoms with Crippen molar-refractivity contribution in [3.63, 3.8) is 0 Å². The highest BCUT2D eigenvalue weighted by atomic mass is 35.5. The van der Waals surface area contributed by atoms with E-state index in [1.807, 2.05) is 19.1 Å². The van der Waals surface area contributed by atoms with Crippen LogP contribution in [-0.4, -0.2) is 27.6 Å². The standard InChI is InChI=1S/C15H18ClN3O2/c1-4-10(3)19-14(11-6-8-12(16)9-7-11)13(17-18-19)15(20)21-5-2/h6-10H,4-5H2,1-3H3. The van der Waals surface area contributed by atoms with E-state index in [1.54, 1.807) is 23.7 Å². The minimum absolute atomic E-state index is 0.131. The first-order valence-electron chi connectivity index (χ1n) is 6.96. The van der Waals surface area contributed by atoms with Gasteiger partial charge in [-0.15, -0.1) is 5.10 Å². The van der Waals surface area contributed by atoms with Crippen molar-refractivity contribution in [1.29, 1.82) is 0 Å². The van der Waals surface area contributed by atoms with E-state index in [0.717, 1.165) is 12.0 Å². The Hall–Kier alpha value is -1.88. The average molecular weight is 308 g/mol. The molecule has 112 valence electrons. The van der Waals surface area contributed by atoms with Gasteiger partial charge in [0.15, 0.2) is 5.69 Å². The summed E-state index contributed by atoms with van der Waals surface area (Å²) in [5.41, 5.74) is 1.74. The van der Waals surface area contributed by atoms with Crippen molar-refractivity contribution < 1.29 is 9.53 Å². The van der Waals surface area contributed by atoms with Gasteiger partial charge in [0.2, 0.25) is 0 Å². The highest BCUT2D eigenvalue weighted by Crippen LogP contribution is 2.27. The molecule has 2 rings (SSSR count). The van der Waals surface area contributed by atoms with Gasteiger partial charge in [-0.05, 0) is 32.4 Å². The number of hydrogen-bond donors (Lipinski definition) is 0. The van der Waals surface area contributed by atoms with Crippen molar-refractivity contribution in [2.75, 3.05) is 6.61 Å². The fourth-order valence-electron chi connectivity index (χ4n) is 1.99. The van der Waals surface area contributed by atoms with Crippen LogP contribution in [0.1, 0.15) is 43.7 Å². The van der Waals surface area contributed by atoms with E-state index in [2.05, 4.69) is 17.2 Å². The van der Waals surface area contributed by atoms with Crippen molar-refractivity contribution in [1.82, 2.24) is 15.0 Å². The van der Waals surface area contributed by atoms with Gasteiger partial charge in [-0.1, -0.05) is 35.9 Å². The van der Waals surface area contributed by atoms with Crippen LogP contribution in [0.4, 0.5) is 0 Å². The number of carbonyl (C=O) groups is 1. The van der Waals surface area contributed by atoms with Gasteiger partial charge in [-0.2, -0.15) is 0 Å². The maximum atomic E-state index is 12.1. The quantitative estimate of drug-likeness (QED) is 0.789. The second-order valence-corrected chi connectivity index (χ2v) is 5.15. The zero-order valence-corrected chi connectivity index (χ0v) is 13.1. The third kappa shape index (κ3) is 3.24. The zero-order valence-electron chi connectivity index (χ0n) is 12.3. The van der Waals surface area contributed by atoms with Crippen LogP contribution >= 0.6 is 11.6 Å². The molecule has 1 aromatic carbocycles. The molecule has 21 heavy (non-hydrogen) atoms. The van der Waals surface area contributed by atoms with Crippen molar-refractivity contribution in [2.45, 2.75) is 33.2 Å². The van der Waals surface area contributed by atoms with E-state index in [0.29, 0.717) is 17.3 Å². The van der Waals surface area contributed by atoms with Crippen LogP contribution in [0.15, 0.2) is 24.3 Å². The van der Waals surface area contributed by atoms with E-state index in [9.17, 15) is 4.79 Å². The molecule has 0 bridgehead atoms. The fourth-order valence-corrected chi connectivity index (χ4v) is 2.11. The lowest BCUT2D eigenvalue weighted by molar-refractivity contribution is 0.0520. The molecule has 5 nitrogen and oxygen atoms in total. The minimum Gasteiger partial charge on any atom is -0.461 e. The predicted molar refractivity (Wildman–Crippen MR) is 81.4 cm³/mol. The van der Waals surface area contributed by atoms with E-state index in [-0.39, 0.29) is 11.7 Å². The summed E-state index contributed by atoms with van der Waals surface area (Å²) in [6.07, 6.45) is 0.881. The fraction of sp³-hybridized carbons (Fsp3) is 0.400. The van der Waals surface area contributed by atoms with Crippen molar-refractivity contribution in [3.8, 4) is 11.3 Å². The molecule has 0 radical (unpaired) electrons. The van der Waals surface area contributed by atoms with Crippen molar-refractivity contribution in [2.24, 2.45) is 0 Å². The van der Waals surface area contributed by atoms with E-state index in [1.165, 1.54) is 0 Å². The smallest absolute Gasteiger partial charge is 0.361 e. The molecule has 1 aromatic heterocycles. The third-order valence-electron chi connectivity index (χ3n) is 3.29. The van der Waals surface area contributed by atoms with E-state index >= 15 is 0 Å². The summed E-state index contributed by atoms with van der Waals surface area (Å²) in [5.74, 6) is -0.461. The minimum atomic E-state index is -0.461. The monoisotopic (exact) mass is 307 g/mol. The molecule has 0 spiro atoms. The number of hydrogen-bond acceptors (Lipinski definition) is 4. The maximum absolute atomic E-state index is 12.1. The molecular weight excluding hydrogens is 290 g/mol. The molecular formula is C15H18ClN3O2. The average Bonchev–Trinajstić information content (AvgIpc) is 2.92. The van der Waals surface area contributed by atoms with Crippen molar-refractivity contribution >= 4 is 17.6 Å². The van der Waals surface area contributed by atoms with Gasteiger partial charge in [0.1, 0.15) is 5.69 Å². The van der Waals surface area contributed by atoms with Gasteiger partial charge in [0, 0.05) is 10.6 Å². The molecule has 0 N–H and O–H groups in total. The number of rotatable bonds is 5. The normalized spacial score (nSPS) is 12.2. The van der Waals surface area contributed by atoms with Crippen LogP contribution in [0.2, 0.25) is 5.02 Å². The molecule has 0 saturated carbocycles. The van der Waals surface area contributed by atoms with Crippen LogP contribution in [0.3, 0.4) is 0 Å². The Morgan fingerprint density at radius 3 is 2.57 bits per heavy atom. The summed E-state index contributed by atoms with van der Waals surface area (Å²) in [7, 11) is 0. The predicted octanol–water partition coefficient (Wildman–Crippen LogP) is 3.75. The lowest BCUT2D eigenvalue weighted by Gasteiger charge is -2.13. The first kappa shape index (κ1) is 15.5. The molecule has 6 heteroatoms. The van der Waals surface area contributed by atoms with Gasteiger partial charge >= 0.3 is 5.97 Å². The topological polar surface area (TPSA) is 57.0 Å². The molecule has 1 heterocycles. The summed E-state index contributed by atoms with van der Waals surface area (Å²) in [5, 5.41) is 8.77. The summed E-state index contributed by atoms with van der Waals surface area (Å²) in [4.78, 5) is 12.1. The molecule has 1 unspecified atom stereocenters. The molecule has 0 aliphatic rings. The van der Waals surface area contributed by atoms with Gasteiger partial charge in [0.25, 0.3) is 0 Å². The number of carbonyl (C=O) groups excluding carboxylic acids is 1. The summed E-state index contributed by atoms with van der Waals surface area (Å²) in [6.45, 7) is 6.15. The second-order valence-electron chi connectivity index (χ2n) is 4.72. The molecule has 0 amide bonds. The van der Waals surface area contributed by atoms with Crippen LogP contribution < -0.4 is 0 Å². The Bertz CT molecular complexity index is 622. The number of ether oxygens (including phenoxy) is 1. The Morgan fingerprint density at radius 2 is 2.00 bits per heavy atom. The number of halogens is 1. The Morgan fingerprint density at radius 1 is 1.33 bits per heavy atom. The zero-order chi connectivity index (χ0) is 15.4. The largest absolute Gasteiger partial charge is 0.461 e. The summed E-state index contributed by atoms with van der Waals surface area (Å²) in [6, 6.07) is 7.39. The van der Waals surface area contributed by atoms with E-state index in [4.69, 9.17) is 16.3 Å². The van der Waals surface area contributed by atoms with Crippen LogP contribution in [0.25, 0.3) is 11.3 Å². The molecule has 0 fully saturated rings. The lowest BCUT2D eigenvalue weighted by atomic mass is 10.1. The third-order valence-corrected chi connectivity index (χ3v) is 3.54. The first-order chi connectivity index (χ1) is 10.1. The molecule has 2 aromatic rings. The van der Waals surface area contributed by atoms with Gasteiger partial charge in [-0.25, -0.2) is 9.48 Å². The van der Waals surface area contributed by atoms with Gasteiger partial charge in [-0.3, -0.25) is 0 Å². The van der Waals surface area contributed by atoms with Crippen molar-refractivity contribution in [3.05, 3.63) is 35.0 Å². The molecule has 0 aliphatic carbocycles. The second kappa shape index (κ2) is 6.72. The molecule has 1 atom stereocenters. The van der Waals surface area contributed by atoms with Crippen LogP contribution in [0.5, 0.6) is 0 Å².